The topological polar surface area (TPSA) is 50.9 Å². The molecule has 3 aromatic rings. The largest absolute Gasteiger partial charge is 0.388 e. The van der Waals surface area contributed by atoms with Crippen molar-refractivity contribution < 1.29 is 5.11 Å². The van der Waals surface area contributed by atoms with Crippen LogP contribution in [0.25, 0.3) is 11.3 Å². The van der Waals surface area contributed by atoms with E-state index in [0.717, 1.165) is 30.5 Å². The molecule has 0 saturated carbocycles. The molecule has 5 rings (SSSR count). The summed E-state index contributed by atoms with van der Waals surface area (Å²) in [6, 6.07) is 10.6. The Labute approximate surface area is 140 Å². The monoisotopic (exact) mass is 317 g/mol. The van der Waals surface area contributed by atoms with Crippen molar-refractivity contribution in [3.63, 3.8) is 0 Å². The highest BCUT2D eigenvalue weighted by Crippen LogP contribution is 2.49. The third kappa shape index (κ3) is 1.89. The lowest BCUT2D eigenvalue weighted by atomic mass is 9.84. The van der Waals surface area contributed by atoms with Crippen LogP contribution in [0.1, 0.15) is 41.7 Å². The molecule has 1 N–H and O–H groups in total. The van der Waals surface area contributed by atoms with Crippen LogP contribution in [0.15, 0.2) is 55.2 Å². The third-order valence-corrected chi connectivity index (χ3v) is 5.58. The Morgan fingerprint density at radius 3 is 2.92 bits per heavy atom. The minimum Gasteiger partial charge on any atom is -0.388 e. The van der Waals surface area contributed by atoms with Crippen molar-refractivity contribution in [3.8, 4) is 11.3 Å². The number of pyridine rings is 1. The van der Waals surface area contributed by atoms with E-state index in [0.29, 0.717) is 0 Å². The average molecular weight is 317 g/mol. The number of aliphatic hydroxyl groups is 1. The van der Waals surface area contributed by atoms with Gasteiger partial charge in [0.2, 0.25) is 0 Å². The first-order chi connectivity index (χ1) is 11.8. The summed E-state index contributed by atoms with van der Waals surface area (Å²) >= 11 is 0. The summed E-state index contributed by atoms with van der Waals surface area (Å²) in [6.07, 6.45) is 10.1. The molecule has 0 amide bonds. The fourth-order valence-corrected chi connectivity index (χ4v) is 4.49. The molecule has 1 aliphatic carbocycles. The Balaban J connectivity index is 1.64. The van der Waals surface area contributed by atoms with Gasteiger partial charge in [0.15, 0.2) is 0 Å². The first-order valence-electron chi connectivity index (χ1n) is 8.56. The second-order valence-corrected chi connectivity index (χ2v) is 6.79. The predicted molar refractivity (Wildman–Crippen MR) is 91.4 cm³/mol. The molecule has 120 valence electrons. The number of hydrogen-bond acceptors (Lipinski definition) is 3. The standard InChI is InChI=1S/C20H19N3O/c24-20-14-8-9-21-10-13(14)4-3-7-17(20)19-16-6-2-1-5-15(16)18-11-22-12-23(18)19/h1-2,5-6,8-12,17,19-20,24H,3-4,7H2/t17-,19-,20+/m1/s1. The average Bonchev–Trinajstić information content (AvgIpc) is 3.15. The number of aliphatic hydroxyl groups excluding tert-OH is 1. The lowest BCUT2D eigenvalue weighted by Gasteiger charge is -2.29. The predicted octanol–water partition coefficient (Wildman–Crippen LogP) is 3.53. The number of imidazole rings is 1. The minimum atomic E-state index is -0.475. The van der Waals surface area contributed by atoms with E-state index in [1.165, 1.54) is 16.7 Å². The summed E-state index contributed by atoms with van der Waals surface area (Å²) in [6.45, 7) is 0. The van der Waals surface area contributed by atoms with Crippen LogP contribution in [-0.2, 0) is 6.42 Å². The molecule has 0 radical (unpaired) electrons. The van der Waals surface area contributed by atoms with Crippen LogP contribution < -0.4 is 0 Å². The highest BCUT2D eigenvalue weighted by Gasteiger charge is 2.39. The smallest absolute Gasteiger partial charge is 0.0956 e. The van der Waals surface area contributed by atoms with Gasteiger partial charge in [-0.1, -0.05) is 24.3 Å². The summed E-state index contributed by atoms with van der Waals surface area (Å²) in [5.74, 6) is 0.144. The first-order valence-corrected chi connectivity index (χ1v) is 8.56. The third-order valence-electron chi connectivity index (χ3n) is 5.58. The van der Waals surface area contributed by atoms with E-state index in [2.05, 4.69) is 38.8 Å². The van der Waals surface area contributed by atoms with Gasteiger partial charge in [-0.2, -0.15) is 0 Å². The molecule has 2 aliphatic rings. The van der Waals surface area contributed by atoms with Crippen LogP contribution >= 0.6 is 0 Å². The van der Waals surface area contributed by atoms with E-state index in [4.69, 9.17) is 0 Å². The van der Waals surface area contributed by atoms with Crippen molar-refractivity contribution >= 4 is 0 Å². The van der Waals surface area contributed by atoms with Crippen LogP contribution in [0.4, 0.5) is 0 Å². The van der Waals surface area contributed by atoms with Gasteiger partial charge in [-0.15, -0.1) is 0 Å². The van der Waals surface area contributed by atoms with Crippen molar-refractivity contribution in [1.82, 2.24) is 14.5 Å². The van der Waals surface area contributed by atoms with Gasteiger partial charge >= 0.3 is 0 Å². The van der Waals surface area contributed by atoms with Crippen molar-refractivity contribution in [2.45, 2.75) is 31.4 Å². The van der Waals surface area contributed by atoms with E-state index in [1.54, 1.807) is 6.20 Å². The van der Waals surface area contributed by atoms with Gasteiger partial charge in [0, 0.05) is 23.9 Å². The number of nitrogens with zero attached hydrogens (tertiary/aromatic N) is 3. The van der Waals surface area contributed by atoms with Gasteiger partial charge in [-0.25, -0.2) is 4.98 Å². The van der Waals surface area contributed by atoms with Gasteiger partial charge in [0.1, 0.15) is 0 Å². The molecular weight excluding hydrogens is 298 g/mol. The summed E-state index contributed by atoms with van der Waals surface area (Å²) < 4.78 is 2.24. The molecule has 4 nitrogen and oxygen atoms in total. The van der Waals surface area contributed by atoms with Gasteiger partial charge < -0.3 is 9.67 Å². The number of fused-ring (bicyclic) bond motifs is 4. The quantitative estimate of drug-likeness (QED) is 0.699. The fraction of sp³-hybridized carbons (Fsp3) is 0.300. The summed E-state index contributed by atoms with van der Waals surface area (Å²) in [4.78, 5) is 8.59. The van der Waals surface area contributed by atoms with E-state index in [-0.39, 0.29) is 12.0 Å². The number of benzene rings is 1. The fourth-order valence-electron chi connectivity index (χ4n) is 4.49. The molecule has 1 aromatic carbocycles. The molecule has 0 saturated heterocycles. The summed E-state index contributed by atoms with van der Waals surface area (Å²) in [5.41, 5.74) is 5.92. The molecule has 3 heterocycles. The van der Waals surface area contributed by atoms with Crippen molar-refractivity contribution in [2.24, 2.45) is 5.92 Å². The summed E-state index contributed by atoms with van der Waals surface area (Å²) in [7, 11) is 0. The minimum absolute atomic E-state index is 0.144. The molecule has 0 spiro atoms. The molecule has 24 heavy (non-hydrogen) atoms. The van der Waals surface area contributed by atoms with E-state index >= 15 is 0 Å². The van der Waals surface area contributed by atoms with Crippen LogP contribution in [0.2, 0.25) is 0 Å². The van der Waals surface area contributed by atoms with Crippen LogP contribution in [-0.4, -0.2) is 19.6 Å². The lowest BCUT2D eigenvalue weighted by Crippen LogP contribution is -2.23. The maximum atomic E-state index is 11.2. The first kappa shape index (κ1) is 13.9. The molecule has 2 aromatic heterocycles. The Morgan fingerprint density at radius 1 is 1.04 bits per heavy atom. The van der Waals surface area contributed by atoms with Crippen LogP contribution in [0.5, 0.6) is 0 Å². The van der Waals surface area contributed by atoms with E-state index in [9.17, 15) is 5.11 Å². The normalized spacial score (nSPS) is 24.8. The highest BCUT2D eigenvalue weighted by atomic mass is 16.3. The second kappa shape index (κ2) is 5.28. The van der Waals surface area contributed by atoms with Crippen LogP contribution in [0, 0.1) is 5.92 Å². The number of aromatic nitrogens is 3. The Morgan fingerprint density at radius 2 is 1.96 bits per heavy atom. The molecule has 3 atom stereocenters. The maximum Gasteiger partial charge on any atom is 0.0956 e. The van der Waals surface area contributed by atoms with Crippen LogP contribution in [0.3, 0.4) is 0 Å². The molecule has 4 heteroatoms. The van der Waals surface area contributed by atoms with Gasteiger partial charge in [0.05, 0.1) is 30.4 Å². The molecular formula is C20H19N3O. The second-order valence-electron chi connectivity index (χ2n) is 6.79. The molecule has 1 aliphatic heterocycles. The van der Waals surface area contributed by atoms with Gasteiger partial charge in [0.25, 0.3) is 0 Å². The van der Waals surface area contributed by atoms with Crippen molar-refractivity contribution in [2.75, 3.05) is 0 Å². The number of aryl methyl sites for hydroxylation is 1. The van der Waals surface area contributed by atoms with Crippen molar-refractivity contribution in [1.29, 1.82) is 0 Å². The molecule has 0 bridgehead atoms. The summed E-state index contributed by atoms with van der Waals surface area (Å²) in [5, 5.41) is 11.2. The van der Waals surface area contributed by atoms with Gasteiger partial charge in [-0.05, 0) is 42.0 Å². The van der Waals surface area contributed by atoms with E-state index in [1.807, 2.05) is 24.8 Å². The zero-order chi connectivity index (χ0) is 16.1. The Kier molecular flexibility index (Phi) is 3.06. The molecule has 0 unspecified atom stereocenters. The molecule has 0 fully saturated rings. The number of rotatable bonds is 1. The maximum absolute atomic E-state index is 11.2. The SMILES string of the molecule is O[C@H]1c2ccncc2CCC[C@@H]1[C@H]1c2ccccc2-c2cncn21. The van der Waals surface area contributed by atoms with Gasteiger partial charge in [-0.3, -0.25) is 4.98 Å². The lowest BCUT2D eigenvalue weighted by molar-refractivity contribution is 0.0829. The zero-order valence-corrected chi connectivity index (χ0v) is 13.3. The van der Waals surface area contributed by atoms with Crippen molar-refractivity contribution in [3.05, 3.63) is 71.9 Å². The highest BCUT2D eigenvalue weighted by molar-refractivity contribution is 5.69. The zero-order valence-electron chi connectivity index (χ0n) is 13.3. The Bertz CT molecular complexity index is 901. The Hall–Kier alpha value is -2.46. The number of hydrogen-bond donors (Lipinski definition) is 1. The van der Waals surface area contributed by atoms with E-state index < -0.39 is 6.10 Å².